The highest BCUT2D eigenvalue weighted by Gasteiger charge is 2.30. The number of aromatic nitrogens is 7. The molecular weight excluding hydrogens is 442 g/mol. The fraction of sp³-hybridized carbons (Fsp3) is 0.318. The Morgan fingerprint density at radius 3 is 2.75 bits per heavy atom. The fourth-order valence-electron chi connectivity index (χ4n) is 4.08. The van der Waals surface area contributed by atoms with E-state index in [4.69, 9.17) is 0 Å². The molecule has 0 atom stereocenters. The fourth-order valence-corrected chi connectivity index (χ4v) is 5.71. The van der Waals surface area contributed by atoms with E-state index in [-0.39, 0.29) is 5.56 Å². The molecule has 1 aliphatic carbocycles. The van der Waals surface area contributed by atoms with E-state index in [1.807, 2.05) is 29.5 Å². The molecule has 5 aromatic rings. The van der Waals surface area contributed by atoms with E-state index in [9.17, 15) is 4.79 Å². The van der Waals surface area contributed by atoms with Gasteiger partial charge in [-0.25, -0.2) is 0 Å². The average molecular weight is 464 g/mol. The van der Waals surface area contributed by atoms with Gasteiger partial charge in [0.2, 0.25) is 5.78 Å². The van der Waals surface area contributed by atoms with Crippen LogP contribution in [0.4, 0.5) is 0 Å². The Morgan fingerprint density at radius 1 is 1.12 bits per heavy atom. The zero-order chi connectivity index (χ0) is 21.8. The number of benzene rings is 1. The normalized spacial score (nSPS) is 14.1. The van der Waals surface area contributed by atoms with E-state index in [1.165, 1.54) is 17.7 Å². The molecule has 6 rings (SSSR count). The third-order valence-corrected chi connectivity index (χ3v) is 7.65. The summed E-state index contributed by atoms with van der Waals surface area (Å²) in [5.74, 6) is 2.95. The van der Waals surface area contributed by atoms with Gasteiger partial charge in [-0.15, -0.1) is 31.7 Å². The average Bonchev–Trinajstić information content (AvgIpc) is 3.16. The Bertz CT molecular complexity index is 1510. The Hall–Kier alpha value is -2.98. The van der Waals surface area contributed by atoms with E-state index in [0.29, 0.717) is 23.0 Å². The van der Waals surface area contributed by atoms with Crippen molar-refractivity contribution in [2.24, 2.45) is 7.05 Å². The summed E-state index contributed by atoms with van der Waals surface area (Å²) in [5.41, 5.74) is 1.82. The lowest BCUT2D eigenvalue weighted by Gasteiger charge is -2.09. The van der Waals surface area contributed by atoms with Gasteiger partial charge in [-0.3, -0.25) is 13.8 Å². The molecule has 0 aliphatic heterocycles. The number of thiophene rings is 1. The van der Waals surface area contributed by atoms with Crippen molar-refractivity contribution in [1.82, 2.24) is 33.9 Å². The van der Waals surface area contributed by atoms with Gasteiger partial charge in [-0.05, 0) is 43.3 Å². The lowest BCUT2D eigenvalue weighted by Crippen LogP contribution is -2.20. The highest BCUT2D eigenvalue weighted by atomic mass is 32.2. The van der Waals surface area contributed by atoms with E-state index < -0.39 is 0 Å². The van der Waals surface area contributed by atoms with Crippen LogP contribution in [-0.4, -0.2) is 33.9 Å². The Labute approximate surface area is 191 Å². The zero-order valence-electron chi connectivity index (χ0n) is 17.7. The number of fused-ring (bicyclic) bond motifs is 3. The maximum absolute atomic E-state index is 12.8. The summed E-state index contributed by atoms with van der Waals surface area (Å²) in [7, 11) is 1.74. The monoisotopic (exact) mass is 463 g/mol. The third-order valence-electron chi connectivity index (χ3n) is 5.83. The highest BCUT2D eigenvalue weighted by molar-refractivity contribution is 7.98. The van der Waals surface area contributed by atoms with Crippen molar-refractivity contribution >= 4 is 39.8 Å². The Morgan fingerprint density at radius 2 is 1.97 bits per heavy atom. The molecule has 0 N–H and O–H groups in total. The largest absolute Gasteiger partial charge is 0.303 e. The van der Waals surface area contributed by atoms with Gasteiger partial charge in [0.15, 0.2) is 5.16 Å². The van der Waals surface area contributed by atoms with Crippen LogP contribution in [0.2, 0.25) is 0 Å². The van der Waals surface area contributed by atoms with Crippen LogP contribution in [0.1, 0.15) is 41.0 Å². The van der Waals surface area contributed by atoms with Gasteiger partial charge in [-0.2, -0.15) is 0 Å². The first kappa shape index (κ1) is 19.7. The molecule has 0 saturated heterocycles. The zero-order valence-corrected chi connectivity index (χ0v) is 19.4. The van der Waals surface area contributed by atoms with Crippen molar-refractivity contribution in [3.05, 3.63) is 68.2 Å². The maximum Gasteiger partial charge on any atom is 0.262 e. The first-order chi connectivity index (χ1) is 15.6. The molecule has 32 heavy (non-hydrogen) atoms. The summed E-state index contributed by atoms with van der Waals surface area (Å²) >= 11 is 3.37. The smallest absolute Gasteiger partial charge is 0.262 e. The molecule has 162 valence electrons. The van der Waals surface area contributed by atoms with Crippen molar-refractivity contribution in [2.45, 2.75) is 43.1 Å². The minimum atomic E-state index is -0.0606. The molecule has 0 radical (unpaired) electrons. The summed E-state index contributed by atoms with van der Waals surface area (Å²) in [6.07, 6.45) is 3.15. The number of hydrogen-bond donors (Lipinski definition) is 0. The van der Waals surface area contributed by atoms with Crippen LogP contribution in [0.5, 0.6) is 0 Å². The predicted molar refractivity (Wildman–Crippen MR) is 125 cm³/mol. The molecule has 0 spiro atoms. The van der Waals surface area contributed by atoms with Crippen LogP contribution in [0.3, 0.4) is 0 Å². The standard InChI is InChI=1S/C22H21N7OS2/c1-13-5-8-17-16(10-13)20(30)27(2)21-25-24-19(29(17)21)12-32-22-26-23-18(28(22)14-6-7-14)11-15-4-3-9-31-15/h3-5,8-10,14H,6-7,11-12H2,1-2H3. The van der Waals surface area contributed by atoms with Crippen LogP contribution in [0.25, 0.3) is 16.7 Å². The second-order valence-corrected chi connectivity index (χ2v) is 10.2. The third kappa shape index (κ3) is 3.25. The summed E-state index contributed by atoms with van der Waals surface area (Å²) in [6, 6.07) is 10.6. The van der Waals surface area contributed by atoms with E-state index >= 15 is 0 Å². The van der Waals surface area contributed by atoms with Crippen LogP contribution < -0.4 is 5.56 Å². The molecule has 1 aromatic carbocycles. The second kappa shape index (κ2) is 7.56. The SMILES string of the molecule is Cc1ccc2c(c1)c(=O)n(C)c1nnc(CSc3nnc(Cc4cccs4)n3C3CC3)n21. The van der Waals surface area contributed by atoms with Gasteiger partial charge in [0.05, 0.1) is 16.7 Å². The minimum absolute atomic E-state index is 0.0606. The van der Waals surface area contributed by atoms with Gasteiger partial charge >= 0.3 is 0 Å². The number of thioether (sulfide) groups is 1. The lowest BCUT2D eigenvalue weighted by atomic mass is 10.1. The first-order valence-electron chi connectivity index (χ1n) is 10.5. The van der Waals surface area contributed by atoms with Crippen molar-refractivity contribution in [3.8, 4) is 0 Å². The van der Waals surface area contributed by atoms with E-state index in [0.717, 1.165) is 34.3 Å². The molecule has 0 amide bonds. The minimum Gasteiger partial charge on any atom is -0.303 e. The second-order valence-electron chi connectivity index (χ2n) is 8.18. The van der Waals surface area contributed by atoms with E-state index in [1.54, 1.807) is 34.7 Å². The lowest BCUT2D eigenvalue weighted by molar-refractivity contribution is 0.634. The van der Waals surface area contributed by atoms with Crippen LogP contribution in [-0.2, 0) is 19.2 Å². The maximum atomic E-state index is 12.8. The van der Waals surface area contributed by atoms with Crippen molar-refractivity contribution in [1.29, 1.82) is 0 Å². The van der Waals surface area contributed by atoms with Crippen molar-refractivity contribution in [3.63, 3.8) is 0 Å². The molecule has 10 heteroatoms. The van der Waals surface area contributed by atoms with Crippen LogP contribution in [0.15, 0.2) is 45.7 Å². The summed E-state index contributed by atoms with van der Waals surface area (Å²) < 4.78 is 5.84. The van der Waals surface area contributed by atoms with E-state index in [2.05, 4.69) is 42.5 Å². The molecule has 8 nitrogen and oxygen atoms in total. The van der Waals surface area contributed by atoms with Crippen LogP contribution >= 0.6 is 23.1 Å². The Balaban J connectivity index is 1.37. The molecule has 1 aliphatic rings. The quantitative estimate of drug-likeness (QED) is 0.357. The molecular formula is C22H21N7OS2. The van der Waals surface area contributed by atoms with Gasteiger partial charge in [0, 0.05) is 24.4 Å². The number of nitrogens with zero attached hydrogens (tertiary/aromatic N) is 7. The predicted octanol–water partition coefficient (Wildman–Crippen LogP) is 3.76. The van der Waals surface area contributed by atoms with Gasteiger partial charge in [-0.1, -0.05) is 29.5 Å². The van der Waals surface area contributed by atoms with Crippen molar-refractivity contribution < 1.29 is 0 Å². The number of rotatable bonds is 6. The molecule has 1 saturated carbocycles. The number of hydrogen-bond acceptors (Lipinski definition) is 7. The molecule has 1 fully saturated rings. The first-order valence-corrected chi connectivity index (χ1v) is 12.4. The number of aryl methyl sites for hydroxylation is 2. The van der Waals surface area contributed by atoms with Gasteiger partial charge < -0.3 is 4.57 Å². The van der Waals surface area contributed by atoms with Crippen molar-refractivity contribution in [2.75, 3.05) is 0 Å². The summed E-state index contributed by atoms with van der Waals surface area (Å²) in [5, 5.41) is 21.4. The summed E-state index contributed by atoms with van der Waals surface area (Å²) in [6.45, 7) is 1.99. The topological polar surface area (TPSA) is 82.9 Å². The van der Waals surface area contributed by atoms with Crippen LogP contribution in [0, 0.1) is 6.92 Å². The summed E-state index contributed by atoms with van der Waals surface area (Å²) in [4.78, 5) is 14.1. The molecule has 0 unspecified atom stereocenters. The Kier molecular flexibility index (Phi) is 4.65. The highest BCUT2D eigenvalue weighted by Crippen LogP contribution is 2.39. The van der Waals surface area contributed by atoms with Gasteiger partial charge in [0.25, 0.3) is 5.56 Å². The molecule has 4 heterocycles. The van der Waals surface area contributed by atoms with Gasteiger partial charge in [0.1, 0.15) is 11.6 Å². The molecule has 0 bridgehead atoms. The molecule has 4 aromatic heterocycles.